The molecule has 32 heavy (non-hydrogen) atoms. The smallest absolute Gasteiger partial charge is 0.263 e. The van der Waals surface area contributed by atoms with Crippen LogP contribution in [0.25, 0.3) is 0 Å². The van der Waals surface area contributed by atoms with Crippen LogP contribution in [-0.4, -0.2) is 45.2 Å². The van der Waals surface area contributed by atoms with Crippen LogP contribution >= 0.6 is 0 Å². The molecular formula is C25H33N3O4. The molecule has 3 rings (SSSR count). The van der Waals surface area contributed by atoms with Gasteiger partial charge in [0.1, 0.15) is 17.1 Å². The fourth-order valence-corrected chi connectivity index (χ4v) is 3.93. The Morgan fingerprint density at radius 3 is 2.19 bits per heavy atom. The van der Waals surface area contributed by atoms with Gasteiger partial charge in [0, 0.05) is 30.5 Å². The van der Waals surface area contributed by atoms with Gasteiger partial charge in [-0.25, -0.2) is 0 Å². The topological polar surface area (TPSA) is 79.9 Å². The van der Waals surface area contributed by atoms with Gasteiger partial charge < -0.3 is 25.0 Å². The summed E-state index contributed by atoms with van der Waals surface area (Å²) in [5, 5.41) is 5.87. The Kier molecular flexibility index (Phi) is 7.62. The zero-order valence-corrected chi connectivity index (χ0v) is 19.5. The lowest BCUT2D eigenvalue weighted by atomic mass is 9.97. The number of hydrogen-bond acceptors (Lipinski definition) is 5. The minimum absolute atomic E-state index is 0.00724. The first kappa shape index (κ1) is 23.4. The van der Waals surface area contributed by atoms with Gasteiger partial charge in [-0.05, 0) is 62.9 Å². The first-order valence-electron chi connectivity index (χ1n) is 11.1. The summed E-state index contributed by atoms with van der Waals surface area (Å²) in [4.78, 5) is 28.3. The minimum atomic E-state index is -0.367. The Hall–Kier alpha value is -3.22. The molecule has 0 bridgehead atoms. The van der Waals surface area contributed by atoms with E-state index in [1.165, 1.54) is 14.2 Å². The summed E-state index contributed by atoms with van der Waals surface area (Å²) in [6, 6.07) is 10.7. The van der Waals surface area contributed by atoms with Gasteiger partial charge in [-0.3, -0.25) is 9.59 Å². The molecule has 1 saturated heterocycles. The Labute approximate surface area is 190 Å². The van der Waals surface area contributed by atoms with Gasteiger partial charge in [-0.2, -0.15) is 0 Å². The standard InChI is InChI=1S/C25H33N3O4/c1-16(2)26-24(29)19-15-18(9-10-20(19)28-13-11-17(3)12-14-28)27-25(30)23-21(31-4)7-6-8-22(23)32-5/h6-10,15-17H,11-14H2,1-5H3,(H,26,29)(H,27,30). The first-order valence-corrected chi connectivity index (χ1v) is 11.1. The summed E-state index contributed by atoms with van der Waals surface area (Å²) in [6.07, 6.45) is 2.19. The van der Waals surface area contributed by atoms with Crippen LogP contribution in [0, 0.1) is 5.92 Å². The van der Waals surface area contributed by atoms with Gasteiger partial charge in [-0.1, -0.05) is 13.0 Å². The maximum Gasteiger partial charge on any atom is 0.263 e. The van der Waals surface area contributed by atoms with Crippen molar-refractivity contribution in [1.82, 2.24) is 5.32 Å². The predicted molar refractivity (Wildman–Crippen MR) is 127 cm³/mol. The molecule has 7 heteroatoms. The molecule has 1 aliphatic heterocycles. The third-order valence-electron chi connectivity index (χ3n) is 5.70. The van der Waals surface area contributed by atoms with Gasteiger partial charge in [0.15, 0.2) is 0 Å². The molecule has 2 amide bonds. The number of nitrogens with one attached hydrogen (secondary N) is 2. The van der Waals surface area contributed by atoms with Crippen LogP contribution in [0.4, 0.5) is 11.4 Å². The normalized spacial score (nSPS) is 14.2. The zero-order chi connectivity index (χ0) is 23.3. The van der Waals surface area contributed by atoms with Gasteiger partial charge in [-0.15, -0.1) is 0 Å². The van der Waals surface area contributed by atoms with Crippen LogP contribution in [-0.2, 0) is 0 Å². The van der Waals surface area contributed by atoms with E-state index < -0.39 is 0 Å². The number of carbonyl (C=O) groups is 2. The van der Waals surface area contributed by atoms with Crippen LogP contribution in [0.3, 0.4) is 0 Å². The molecule has 0 spiro atoms. The summed E-state index contributed by atoms with van der Waals surface area (Å²) in [7, 11) is 3.02. The third kappa shape index (κ3) is 5.33. The first-order chi connectivity index (χ1) is 15.3. The van der Waals surface area contributed by atoms with Crippen LogP contribution < -0.4 is 25.0 Å². The lowest BCUT2D eigenvalue weighted by Crippen LogP contribution is -2.36. The third-order valence-corrected chi connectivity index (χ3v) is 5.70. The quantitative estimate of drug-likeness (QED) is 0.671. The molecule has 0 atom stereocenters. The highest BCUT2D eigenvalue weighted by Gasteiger charge is 2.23. The Bertz CT molecular complexity index is 943. The maximum atomic E-state index is 13.1. The van der Waals surface area contributed by atoms with E-state index in [2.05, 4.69) is 22.5 Å². The molecule has 0 unspecified atom stereocenters. The van der Waals surface area contributed by atoms with Gasteiger partial charge in [0.05, 0.1) is 19.8 Å². The molecule has 0 aliphatic carbocycles. The van der Waals surface area contributed by atoms with Crippen molar-refractivity contribution in [2.45, 2.75) is 39.7 Å². The molecule has 2 N–H and O–H groups in total. The average Bonchev–Trinajstić information content (AvgIpc) is 2.78. The zero-order valence-electron chi connectivity index (χ0n) is 19.5. The molecule has 1 heterocycles. The fourth-order valence-electron chi connectivity index (χ4n) is 3.93. The summed E-state index contributed by atoms with van der Waals surface area (Å²) in [6.45, 7) is 7.94. The predicted octanol–water partition coefficient (Wildman–Crippen LogP) is 4.33. The van der Waals surface area contributed by atoms with E-state index in [1.54, 1.807) is 24.3 Å². The minimum Gasteiger partial charge on any atom is -0.496 e. The lowest BCUT2D eigenvalue weighted by molar-refractivity contribution is 0.0942. The van der Waals surface area contributed by atoms with Crippen LogP contribution in [0.1, 0.15) is 54.3 Å². The number of rotatable bonds is 7. The second kappa shape index (κ2) is 10.4. The van der Waals surface area contributed by atoms with E-state index >= 15 is 0 Å². The molecule has 2 aromatic rings. The Morgan fingerprint density at radius 2 is 1.62 bits per heavy atom. The second-order valence-electron chi connectivity index (χ2n) is 8.52. The monoisotopic (exact) mass is 439 g/mol. The van der Waals surface area contributed by atoms with E-state index in [-0.39, 0.29) is 17.9 Å². The van der Waals surface area contributed by atoms with Crippen molar-refractivity contribution in [3.05, 3.63) is 47.5 Å². The van der Waals surface area contributed by atoms with Crippen LogP contribution in [0.15, 0.2) is 36.4 Å². The SMILES string of the molecule is COc1cccc(OC)c1C(=O)Nc1ccc(N2CCC(C)CC2)c(C(=O)NC(C)C)c1. The fraction of sp³-hybridized carbons (Fsp3) is 0.440. The number of amides is 2. The summed E-state index contributed by atoms with van der Waals surface area (Å²) < 4.78 is 10.7. The number of ether oxygens (including phenoxy) is 2. The number of benzene rings is 2. The molecule has 172 valence electrons. The van der Waals surface area contributed by atoms with Crippen LogP contribution in [0.2, 0.25) is 0 Å². The van der Waals surface area contributed by atoms with E-state index in [0.29, 0.717) is 34.2 Å². The summed E-state index contributed by atoms with van der Waals surface area (Å²) >= 11 is 0. The van der Waals surface area contributed by atoms with E-state index in [0.717, 1.165) is 31.6 Å². The largest absolute Gasteiger partial charge is 0.496 e. The van der Waals surface area contributed by atoms with Crippen molar-refractivity contribution in [1.29, 1.82) is 0 Å². The molecule has 2 aromatic carbocycles. The average molecular weight is 440 g/mol. The van der Waals surface area contributed by atoms with Crippen molar-refractivity contribution in [3.63, 3.8) is 0 Å². The van der Waals surface area contributed by atoms with Gasteiger partial charge >= 0.3 is 0 Å². The highest BCUT2D eigenvalue weighted by molar-refractivity contribution is 6.09. The van der Waals surface area contributed by atoms with Crippen molar-refractivity contribution in [2.24, 2.45) is 5.92 Å². The highest BCUT2D eigenvalue weighted by Crippen LogP contribution is 2.31. The molecule has 1 fully saturated rings. The number of hydrogen-bond donors (Lipinski definition) is 2. The number of methoxy groups -OCH3 is 2. The summed E-state index contributed by atoms with van der Waals surface area (Å²) in [5.41, 5.74) is 2.28. The molecular weight excluding hydrogens is 406 g/mol. The number of carbonyl (C=O) groups excluding carboxylic acids is 2. The van der Waals surface area contributed by atoms with Gasteiger partial charge in [0.2, 0.25) is 0 Å². The van der Waals surface area contributed by atoms with Crippen molar-refractivity contribution in [3.8, 4) is 11.5 Å². The van der Waals surface area contributed by atoms with E-state index in [1.807, 2.05) is 26.0 Å². The van der Waals surface area contributed by atoms with Crippen molar-refractivity contribution in [2.75, 3.05) is 37.5 Å². The van der Waals surface area contributed by atoms with Crippen molar-refractivity contribution >= 4 is 23.2 Å². The maximum absolute atomic E-state index is 13.1. The number of piperidine rings is 1. The molecule has 0 radical (unpaired) electrons. The molecule has 0 aromatic heterocycles. The Balaban J connectivity index is 1.93. The Morgan fingerprint density at radius 1 is 1.00 bits per heavy atom. The van der Waals surface area contributed by atoms with Crippen LogP contribution in [0.5, 0.6) is 11.5 Å². The van der Waals surface area contributed by atoms with Crippen molar-refractivity contribution < 1.29 is 19.1 Å². The number of anilines is 2. The molecule has 1 aliphatic rings. The van der Waals surface area contributed by atoms with E-state index in [9.17, 15) is 9.59 Å². The second-order valence-corrected chi connectivity index (χ2v) is 8.52. The van der Waals surface area contributed by atoms with Gasteiger partial charge in [0.25, 0.3) is 11.8 Å². The highest BCUT2D eigenvalue weighted by atomic mass is 16.5. The number of nitrogens with zero attached hydrogens (tertiary/aromatic N) is 1. The molecule has 7 nitrogen and oxygen atoms in total. The molecule has 0 saturated carbocycles. The lowest BCUT2D eigenvalue weighted by Gasteiger charge is -2.33. The van der Waals surface area contributed by atoms with E-state index in [4.69, 9.17) is 9.47 Å². The summed E-state index contributed by atoms with van der Waals surface area (Å²) in [5.74, 6) is 1.000.